The molecule has 0 spiro atoms. The predicted octanol–water partition coefficient (Wildman–Crippen LogP) is 3.63. The van der Waals surface area contributed by atoms with Crippen LogP contribution in [0.2, 0.25) is 0 Å². The lowest BCUT2D eigenvalue weighted by atomic mass is 10.1. The summed E-state index contributed by atoms with van der Waals surface area (Å²) < 4.78 is 25.5. The summed E-state index contributed by atoms with van der Waals surface area (Å²) in [6.07, 6.45) is 3.97. The van der Waals surface area contributed by atoms with Gasteiger partial charge in [0.05, 0.1) is 31.5 Å². The molecular weight excluding hydrogens is 373 g/mol. The van der Waals surface area contributed by atoms with Crippen LogP contribution < -0.4 is 14.8 Å². The molecule has 148 valence electrons. The lowest BCUT2D eigenvalue weighted by Gasteiger charge is -2.10. The third-order valence-corrected chi connectivity index (χ3v) is 4.59. The Bertz CT molecular complexity index is 1130. The molecule has 0 atom stereocenters. The molecule has 4 aromatic rings. The van der Waals surface area contributed by atoms with Gasteiger partial charge in [0.25, 0.3) is 0 Å². The molecule has 0 bridgehead atoms. The Balaban J connectivity index is 1.51. The normalized spacial score (nSPS) is 10.9. The number of hydrogen-bond donors (Lipinski definition) is 1. The largest absolute Gasteiger partial charge is 0.493 e. The van der Waals surface area contributed by atoms with Crippen molar-refractivity contribution >= 4 is 16.9 Å². The van der Waals surface area contributed by atoms with E-state index in [-0.39, 0.29) is 5.82 Å². The topological polar surface area (TPSA) is 74.1 Å². The maximum Gasteiger partial charge on any atom is 0.168 e. The molecule has 8 heteroatoms. The Hall–Kier alpha value is -3.68. The molecule has 0 saturated carbocycles. The second-order valence-corrected chi connectivity index (χ2v) is 6.36. The number of rotatable bonds is 7. The molecule has 0 unspecified atom stereocenters. The van der Waals surface area contributed by atoms with Gasteiger partial charge in [0, 0.05) is 6.54 Å². The molecule has 4 rings (SSSR count). The smallest absolute Gasteiger partial charge is 0.168 e. The summed E-state index contributed by atoms with van der Waals surface area (Å²) in [4.78, 5) is 8.67. The van der Waals surface area contributed by atoms with E-state index < -0.39 is 0 Å². The minimum absolute atomic E-state index is 0.294. The zero-order valence-electron chi connectivity index (χ0n) is 16.1. The molecule has 2 aromatic heterocycles. The van der Waals surface area contributed by atoms with Crippen LogP contribution in [0.4, 0.5) is 10.2 Å². The summed E-state index contributed by atoms with van der Waals surface area (Å²) in [6, 6.07) is 12.0. The third-order valence-electron chi connectivity index (χ3n) is 4.59. The van der Waals surface area contributed by atoms with Crippen LogP contribution in [-0.4, -0.2) is 40.5 Å². The Kier molecular flexibility index (Phi) is 5.24. The standard InChI is InChI=1S/C21H20FN5O2/c1-28-18-8-3-14(11-19(18)29-2)9-10-23-20-17-12-26-27(21(17)25-13-24-20)16-6-4-15(22)5-7-16/h3-8,11-13H,9-10H2,1-2H3,(H,23,24,25). The van der Waals surface area contributed by atoms with Crippen molar-refractivity contribution in [2.24, 2.45) is 0 Å². The molecule has 0 aliphatic rings. The van der Waals surface area contributed by atoms with E-state index in [4.69, 9.17) is 9.47 Å². The van der Waals surface area contributed by atoms with Gasteiger partial charge in [-0.3, -0.25) is 0 Å². The molecule has 0 aliphatic heterocycles. The van der Waals surface area contributed by atoms with Crippen LogP contribution in [0.3, 0.4) is 0 Å². The van der Waals surface area contributed by atoms with Gasteiger partial charge in [-0.1, -0.05) is 6.07 Å². The molecule has 2 heterocycles. The van der Waals surface area contributed by atoms with Gasteiger partial charge in [-0.05, 0) is 48.4 Å². The fourth-order valence-electron chi connectivity index (χ4n) is 3.12. The van der Waals surface area contributed by atoms with Crippen LogP contribution in [0.1, 0.15) is 5.56 Å². The Morgan fingerprint density at radius 1 is 1.00 bits per heavy atom. The summed E-state index contributed by atoms with van der Waals surface area (Å²) >= 11 is 0. The first kappa shape index (κ1) is 18.7. The molecule has 0 saturated heterocycles. The van der Waals surface area contributed by atoms with Crippen LogP contribution >= 0.6 is 0 Å². The van der Waals surface area contributed by atoms with Crippen molar-refractivity contribution in [2.75, 3.05) is 26.1 Å². The van der Waals surface area contributed by atoms with Gasteiger partial charge in [-0.2, -0.15) is 5.10 Å². The number of nitrogens with one attached hydrogen (secondary N) is 1. The van der Waals surface area contributed by atoms with Crippen molar-refractivity contribution in [2.45, 2.75) is 6.42 Å². The number of fused-ring (bicyclic) bond motifs is 1. The fourth-order valence-corrected chi connectivity index (χ4v) is 3.12. The number of methoxy groups -OCH3 is 2. The van der Waals surface area contributed by atoms with Crippen LogP contribution in [0.5, 0.6) is 11.5 Å². The van der Waals surface area contributed by atoms with E-state index in [1.807, 2.05) is 18.2 Å². The van der Waals surface area contributed by atoms with Crippen molar-refractivity contribution in [3.63, 3.8) is 0 Å². The van der Waals surface area contributed by atoms with Gasteiger partial charge in [0.1, 0.15) is 18.0 Å². The second-order valence-electron chi connectivity index (χ2n) is 6.36. The SMILES string of the molecule is COc1ccc(CCNc2ncnc3c2cnn3-c2ccc(F)cc2)cc1OC. The first-order chi connectivity index (χ1) is 14.2. The number of halogens is 1. The lowest BCUT2D eigenvalue weighted by molar-refractivity contribution is 0.354. The molecule has 0 amide bonds. The first-order valence-electron chi connectivity index (χ1n) is 9.09. The monoisotopic (exact) mass is 393 g/mol. The molecule has 2 aromatic carbocycles. The molecule has 0 radical (unpaired) electrons. The molecule has 7 nitrogen and oxygen atoms in total. The third kappa shape index (κ3) is 3.82. The van der Waals surface area contributed by atoms with Gasteiger partial charge in [0.15, 0.2) is 17.1 Å². The number of aromatic nitrogens is 4. The zero-order valence-corrected chi connectivity index (χ0v) is 16.1. The minimum atomic E-state index is -0.294. The van der Waals surface area contributed by atoms with E-state index in [0.29, 0.717) is 29.5 Å². The molecular formula is C21H20FN5O2. The van der Waals surface area contributed by atoms with Crippen LogP contribution in [0, 0.1) is 5.82 Å². The van der Waals surface area contributed by atoms with E-state index in [1.165, 1.54) is 18.5 Å². The lowest BCUT2D eigenvalue weighted by Crippen LogP contribution is -2.07. The van der Waals surface area contributed by atoms with Gasteiger partial charge in [-0.15, -0.1) is 0 Å². The van der Waals surface area contributed by atoms with Crippen LogP contribution in [-0.2, 0) is 6.42 Å². The van der Waals surface area contributed by atoms with Gasteiger partial charge >= 0.3 is 0 Å². The van der Waals surface area contributed by atoms with E-state index in [1.54, 1.807) is 37.2 Å². The highest BCUT2D eigenvalue weighted by atomic mass is 19.1. The number of hydrogen-bond acceptors (Lipinski definition) is 6. The number of benzene rings is 2. The van der Waals surface area contributed by atoms with Crippen molar-refractivity contribution in [3.8, 4) is 17.2 Å². The van der Waals surface area contributed by atoms with Crippen LogP contribution in [0.15, 0.2) is 55.0 Å². The minimum Gasteiger partial charge on any atom is -0.493 e. The number of nitrogens with zero attached hydrogens (tertiary/aromatic N) is 4. The van der Waals surface area contributed by atoms with Crippen molar-refractivity contribution in [1.82, 2.24) is 19.7 Å². The number of ether oxygens (including phenoxy) is 2. The fraction of sp³-hybridized carbons (Fsp3) is 0.190. The van der Waals surface area contributed by atoms with Crippen molar-refractivity contribution in [3.05, 3.63) is 66.4 Å². The maximum atomic E-state index is 13.2. The van der Waals surface area contributed by atoms with Gasteiger partial charge < -0.3 is 14.8 Å². The summed E-state index contributed by atoms with van der Waals surface area (Å²) in [5.41, 5.74) is 2.50. The highest BCUT2D eigenvalue weighted by Crippen LogP contribution is 2.28. The van der Waals surface area contributed by atoms with E-state index in [0.717, 1.165) is 23.1 Å². The summed E-state index contributed by atoms with van der Waals surface area (Å²) in [7, 11) is 3.24. The summed E-state index contributed by atoms with van der Waals surface area (Å²) in [6.45, 7) is 0.670. The second kappa shape index (κ2) is 8.14. The molecule has 1 N–H and O–H groups in total. The van der Waals surface area contributed by atoms with E-state index >= 15 is 0 Å². The van der Waals surface area contributed by atoms with Gasteiger partial charge in [-0.25, -0.2) is 19.0 Å². The molecule has 0 fully saturated rings. The van der Waals surface area contributed by atoms with E-state index in [2.05, 4.69) is 20.4 Å². The van der Waals surface area contributed by atoms with Crippen molar-refractivity contribution in [1.29, 1.82) is 0 Å². The van der Waals surface area contributed by atoms with Gasteiger partial charge in [0.2, 0.25) is 0 Å². The average molecular weight is 393 g/mol. The van der Waals surface area contributed by atoms with Crippen LogP contribution in [0.25, 0.3) is 16.7 Å². The predicted molar refractivity (Wildman–Crippen MR) is 108 cm³/mol. The maximum absolute atomic E-state index is 13.2. The summed E-state index contributed by atoms with van der Waals surface area (Å²) in [5.74, 6) is 1.81. The quantitative estimate of drug-likeness (QED) is 0.517. The highest BCUT2D eigenvalue weighted by molar-refractivity contribution is 5.87. The highest BCUT2D eigenvalue weighted by Gasteiger charge is 2.11. The number of anilines is 1. The molecule has 0 aliphatic carbocycles. The Morgan fingerprint density at radius 2 is 1.79 bits per heavy atom. The average Bonchev–Trinajstić information content (AvgIpc) is 3.19. The first-order valence-corrected chi connectivity index (χ1v) is 9.09. The Morgan fingerprint density at radius 3 is 2.55 bits per heavy atom. The van der Waals surface area contributed by atoms with Crippen molar-refractivity contribution < 1.29 is 13.9 Å². The Labute approximate surface area is 167 Å². The van der Waals surface area contributed by atoms with E-state index in [9.17, 15) is 4.39 Å². The molecule has 29 heavy (non-hydrogen) atoms. The zero-order chi connectivity index (χ0) is 20.2. The summed E-state index contributed by atoms with van der Waals surface area (Å²) in [5, 5.41) is 8.52.